The molecule has 0 unspecified atom stereocenters. The summed E-state index contributed by atoms with van der Waals surface area (Å²) in [6, 6.07) is 12.8. The number of hydrogen-bond acceptors (Lipinski definition) is 4. The van der Waals surface area contributed by atoms with Gasteiger partial charge in [0.1, 0.15) is 17.5 Å². The van der Waals surface area contributed by atoms with Gasteiger partial charge in [-0.1, -0.05) is 43.7 Å². The first-order valence-electron chi connectivity index (χ1n) is 11.2. The number of benzene rings is 2. The fraction of sp³-hybridized carbons (Fsp3) is 0.462. The van der Waals surface area contributed by atoms with Crippen LogP contribution in [0, 0.1) is 13.8 Å². The Morgan fingerprint density at radius 3 is 2.44 bits per heavy atom. The van der Waals surface area contributed by atoms with Crippen molar-refractivity contribution in [2.45, 2.75) is 66.1 Å². The van der Waals surface area contributed by atoms with E-state index in [1.807, 2.05) is 77.1 Å². The Labute approximate surface area is 191 Å². The van der Waals surface area contributed by atoms with Crippen LogP contribution < -0.4 is 14.8 Å². The lowest BCUT2D eigenvalue weighted by molar-refractivity contribution is -0.143. The van der Waals surface area contributed by atoms with Crippen molar-refractivity contribution in [1.29, 1.82) is 0 Å². The van der Waals surface area contributed by atoms with Crippen LogP contribution in [0.1, 0.15) is 50.3 Å². The van der Waals surface area contributed by atoms with E-state index < -0.39 is 6.04 Å². The van der Waals surface area contributed by atoms with E-state index in [-0.39, 0.29) is 24.5 Å². The third kappa shape index (κ3) is 7.01. The summed E-state index contributed by atoms with van der Waals surface area (Å²) in [5, 5.41) is 3.02. The predicted molar refractivity (Wildman–Crippen MR) is 127 cm³/mol. The predicted octanol–water partition coefficient (Wildman–Crippen LogP) is 4.41. The summed E-state index contributed by atoms with van der Waals surface area (Å²) in [7, 11) is 1.61. The molecule has 174 valence electrons. The highest BCUT2D eigenvalue weighted by Gasteiger charge is 2.29. The van der Waals surface area contributed by atoms with Gasteiger partial charge in [0.25, 0.3) is 5.91 Å². The Morgan fingerprint density at radius 1 is 1.06 bits per heavy atom. The molecule has 0 heterocycles. The van der Waals surface area contributed by atoms with Crippen LogP contribution in [0.25, 0.3) is 0 Å². The lowest BCUT2D eigenvalue weighted by Crippen LogP contribution is -2.51. The Hall–Kier alpha value is -3.02. The molecule has 2 atom stereocenters. The molecule has 0 spiro atoms. The number of hydrogen-bond donors (Lipinski definition) is 1. The van der Waals surface area contributed by atoms with Gasteiger partial charge in [0.05, 0.1) is 7.11 Å². The second-order valence-electron chi connectivity index (χ2n) is 8.17. The fourth-order valence-electron chi connectivity index (χ4n) is 3.51. The third-order valence-corrected chi connectivity index (χ3v) is 5.56. The summed E-state index contributed by atoms with van der Waals surface area (Å²) in [6.45, 7) is 10.0. The highest BCUT2D eigenvalue weighted by molar-refractivity contribution is 5.88. The second kappa shape index (κ2) is 12.1. The topological polar surface area (TPSA) is 67.9 Å². The molecule has 1 N–H and O–H groups in total. The monoisotopic (exact) mass is 440 g/mol. The maximum atomic E-state index is 13.3. The van der Waals surface area contributed by atoms with Crippen LogP contribution in [-0.4, -0.2) is 42.5 Å². The van der Waals surface area contributed by atoms with Crippen molar-refractivity contribution >= 4 is 11.8 Å². The van der Waals surface area contributed by atoms with Crippen molar-refractivity contribution in [2.24, 2.45) is 0 Å². The molecular weight excluding hydrogens is 404 g/mol. The van der Waals surface area contributed by atoms with Crippen LogP contribution in [-0.2, 0) is 16.1 Å². The number of nitrogens with one attached hydrogen (secondary N) is 1. The highest BCUT2D eigenvalue weighted by Crippen LogP contribution is 2.20. The van der Waals surface area contributed by atoms with E-state index in [0.29, 0.717) is 24.5 Å². The molecule has 6 heteroatoms. The largest absolute Gasteiger partial charge is 0.497 e. The molecule has 0 radical (unpaired) electrons. The molecule has 2 rings (SSSR count). The van der Waals surface area contributed by atoms with Crippen LogP contribution >= 0.6 is 0 Å². The molecule has 0 saturated heterocycles. The van der Waals surface area contributed by atoms with Crippen LogP contribution in [0.4, 0.5) is 0 Å². The van der Waals surface area contributed by atoms with Crippen LogP contribution in [0.2, 0.25) is 0 Å². The molecule has 0 aromatic heterocycles. The normalized spacial score (nSPS) is 12.6. The minimum atomic E-state index is -0.592. The van der Waals surface area contributed by atoms with Gasteiger partial charge in [-0.25, -0.2) is 0 Å². The molecule has 0 aliphatic heterocycles. The number of ether oxygens (including phenoxy) is 2. The minimum absolute atomic E-state index is 0.0387. The van der Waals surface area contributed by atoms with Gasteiger partial charge in [0.2, 0.25) is 5.91 Å². The molecule has 0 aliphatic carbocycles. The highest BCUT2D eigenvalue weighted by atomic mass is 16.5. The number of rotatable bonds is 11. The van der Waals surface area contributed by atoms with E-state index in [1.54, 1.807) is 12.0 Å². The molecule has 0 saturated carbocycles. The average molecular weight is 441 g/mol. The molecule has 0 bridgehead atoms. The smallest absolute Gasteiger partial charge is 0.261 e. The second-order valence-corrected chi connectivity index (χ2v) is 8.17. The van der Waals surface area contributed by atoms with Gasteiger partial charge in [-0.15, -0.1) is 0 Å². The van der Waals surface area contributed by atoms with Crippen molar-refractivity contribution < 1.29 is 19.1 Å². The summed E-state index contributed by atoms with van der Waals surface area (Å²) in [5.74, 6) is 0.990. The van der Waals surface area contributed by atoms with Crippen molar-refractivity contribution in [3.05, 3.63) is 59.2 Å². The van der Waals surface area contributed by atoms with Crippen molar-refractivity contribution in [2.75, 3.05) is 13.7 Å². The standard InChI is InChI=1S/C26H36N2O4/c1-7-20(5)27-26(30)23(8-2)28(16-21-10-9-11-22(15-21)31-6)25(29)17-32-24-13-12-18(3)14-19(24)4/h9-15,20,23H,7-8,16-17H2,1-6H3,(H,27,30)/t20-,23-/m0/s1. The first-order valence-corrected chi connectivity index (χ1v) is 11.2. The van der Waals surface area contributed by atoms with Gasteiger partial charge in [-0.3, -0.25) is 9.59 Å². The summed E-state index contributed by atoms with van der Waals surface area (Å²) in [6.07, 6.45) is 1.32. The fourth-order valence-corrected chi connectivity index (χ4v) is 3.51. The van der Waals surface area contributed by atoms with Gasteiger partial charge in [0, 0.05) is 12.6 Å². The summed E-state index contributed by atoms with van der Waals surface area (Å²) >= 11 is 0. The first-order chi connectivity index (χ1) is 15.3. The Kier molecular flexibility index (Phi) is 9.57. The summed E-state index contributed by atoms with van der Waals surface area (Å²) in [4.78, 5) is 27.9. The molecule has 2 aromatic rings. The molecule has 0 aliphatic rings. The third-order valence-electron chi connectivity index (χ3n) is 5.56. The van der Waals surface area contributed by atoms with Crippen LogP contribution in [0.15, 0.2) is 42.5 Å². The number of amides is 2. The van der Waals surface area contributed by atoms with E-state index >= 15 is 0 Å². The number of aryl methyl sites for hydroxylation is 2. The van der Waals surface area contributed by atoms with Crippen molar-refractivity contribution in [1.82, 2.24) is 10.2 Å². The maximum absolute atomic E-state index is 13.3. The zero-order valence-corrected chi connectivity index (χ0v) is 20.1. The Balaban J connectivity index is 2.25. The molecule has 2 amide bonds. The van der Waals surface area contributed by atoms with E-state index in [1.165, 1.54) is 0 Å². The van der Waals surface area contributed by atoms with E-state index in [4.69, 9.17) is 9.47 Å². The Morgan fingerprint density at radius 2 is 1.81 bits per heavy atom. The lowest BCUT2D eigenvalue weighted by atomic mass is 10.1. The van der Waals surface area contributed by atoms with E-state index in [9.17, 15) is 9.59 Å². The van der Waals surface area contributed by atoms with Crippen LogP contribution in [0.3, 0.4) is 0 Å². The van der Waals surface area contributed by atoms with Crippen molar-refractivity contribution in [3.63, 3.8) is 0 Å². The van der Waals surface area contributed by atoms with Gasteiger partial charge >= 0.3 is 0 Å². The lowest BCUT2D eigenvalue weighted by Gasteiger charge is -2.31. The zero-order valence-electron chi connectivity index (χ0n) is 20.1. The van der Waals surface area contributed by atoms with Gasteiger partial charge in [-0.05, 0) is 62.9 Å². The number of methoxy groups -OCH3 is 1. The quantitative estimate of drug-likeness (QED) is 0.562. The maximum Gasteiger partial charge on any atom is 0.261 e. The number of carbonyl (C=O) groups is 2. The molecule has 6 nitrogen and oxygen atoms in total. The zero-order chi connectivity index (χ0) is 23.7. The average Bonchev–Trinajstić information content (AvgIpc) is 2.78. The molecule has 32 heavy (non-hydrogen) atoms. The van der Waals surface area contributed by atoms with Crippen LogP contribution in [0.5, 0.6) is 11.5 Å². The van der Waals surface area contributed by atoms with Crippen molar-refractivity contribution in [3.8, 4) is 11.5 Å². The number of carbonyl (C=O) groups excluding carboxylic acids is 2. The first kappa shape index (κ1) is 25.2. The Bertz CT molecular complexity index is 912. The summed E-state index contributed by atoms with van der Waals surface area (Å²) in [5.41, 5.74) is 2.99. The van der Waals surface area contributed by atoms with Gasteiger partial charge < -0.3 is 19.7 Å². The van der Waals surface area contributed by atoms with Gasteiger partial charge in [0.15, 0.2) is 6.61 Å². The molecule has 0 fully saturated rings. The molecule has 2 aromatic carbocycles. The summed E-state index contributed by atoms with van der Waals surface area (Å²) < 4.78 is 11.2. The number of nitrogens with zero attached hydrogens (tertiary/aromatic N) is 1. The minimum Gasteiger partial charge on any atom is -0.497 e. The van der Waals surface area contributed by atoms with Gasteiger partial charge in [-0.2, -0.15) is 0 Å². The SMILES string of the molecule is CC[C@H](C)NC(=O)[C@H](CC)N(Cc1cccc(OC)c1)C(=O)COc1ccc(C)cc1C. The van der Waals surface area contributed by atoms with E-state index in [0.717, 1.165) is 23.1 Å². The molecular formula is C26H36N2O4. The van der Waals surface area contributed by atoms with E-state index in [2.05, 4.69) is 5.32 Å².